The molecule has 0 bridgehead atoms. The van der Waals surface area contributed by atoms with E-state index in [0.29, 0.717) is 54.2 Å². The van der Waals surface area contributed by atoms with Crippen molar-refractivity contribution >= 4 is 28.2 Å². The summed E-state index contributed by atoms with van der Waals surface area (Å²) < 4.78 is 49.7. The standard InChI is InChI=1S/C25H23F3N4O3/c1-34-21-11-19-20(12-22(21)35-2)30-14-16(13-29)23(19)32-8-6-15(7-9-32)24(33)31-18-5-3-4-17(10-18)25(26,27)28/h3-5,10-12,14-15H,6-9H2,1-2H3,(H,31,33). The van der Waals surface area contributed by atoms with Gasteiger partial charge in [-0.25, -0.2) is 0 Å². The Bertz CT molecular complexity index is 1300. The van der Waals surface area contributed by atoms with E-state index in [1.807, 2.05) is 4.90 Å². The number of rotatable bonds is 5. The van der Waals surface area contributed by atoms with Gasteiger partial charge in [0.15, 0.2) is 11.5 Å². The molecular weight excluding hydrogens is 461 g/mol. The molecule has 3 aromatic rings. The molecule has 1 fully saturated rings. The molecule has 10 heteroatoms. The highest BCUT2D eigenvalue weighted by Gasteiger charge is 2.31. The van der Waals surface area contributed by atoms with Crippen LogP contribution in [0.15, 0.2) is 42.6 Å². The van der Waals surface area contributed by atoms with Gasteiger partial charge in [0.2, 0.25) is 5.91 Å². The average Bonchev–Trinajstić information content (AvgIpc) is 2.86. The van der Waals surface area contributed by atoms with Gasteiger partial charge in [0.05, 0.1) is 36.6 Å². The summed E-state index contributed by atoms with van der Waals surface area (Å²) in [5.41, 5.74) is 1.04. The van der Waals surface area contributed by atoms with Gasteiger partial charge in [0, 0.05) is 42.3 Å². The molecule has 1 aromatic heterocycles. The third-order valence-corrected chi connectivity index (χ3v) is 6.10. The molecule has 0 saturated carbocycles. The Labute approximate surface area is 200 Å². The van der Waals surface area contributed by atoms with Crippen LogP contribution in [0.5, 0.6) is 11.5 Å². The fourth-order valence-corrected chi connectivity index (χ4v) is 4.31. The van der Waals surface area contributed by atoms with E-state index in [1.165, 1.54) is 32.5 Å². The first-order valence-corrected chi connectivity index (χ1v) is 10.9. The fraction of sp³-hybridized carbons (Fsp3) is 0.320. The van der Waals surface area contributed by atoms with Gasteiger partial charge in [0.1, 0.15) is 6.07 Å². The predicted octanol–water partition coefficient (Wildman–Crippen LogP) is 5.00. The number of nitrogens with one attached hydrogen (secondary N) is 1. The lowest BCUT2D eigenvalue weighted by molar-refractivity contribution is -0.137. The Hall–Kier alpha value is -4.00. The number of piperidine rings is 1. The van der Waals surface area contributed by atoms with E-state index in [4.69, 9.17) is 9.47 Å². The SMILES string of the molecule is COc1cc2ncc(C#N)c(N3CCC(C(=O)Nc4cccc(C(F)(F)F)c4)CC3)c2cc1OC. The average molecular weight is 484 g/mol. The fourth-order valence-electron chi connectivity index (χ4n) is 4.31. The van der Waals surface area contributed by atoms with Gasteiger partial charge in [0.25, 0.3) is 0 Å². The molecule has 1 aliphatic rings. The second-order valence-corrected chi connectivity index (χ2v) is 8.19. The van der Waals surface area contributed by atoms with E-state index in [1.54, 1.807) is 12.1 Å². The van der Waals surface area contributed by atoms with Gasteiger partial charge < -0.3 is 19.7 Å². The zero-order valence-electron chi connectivity index (χ0n) is 19.1. The van der Waals surface area contributed by atoms with Crippen LogP contribution in [-0.2, 0) is 11.0 Å². The lowest BCUT2D eigenvalue weighted by Crippen LogP contribution is -2.38. The van der Waals surface area contributed by atoms with E-state index in [0.717, 1.165) is 17.5 Å². The number of carbonyl (C=O) groups is 1. The number of pyridine rings is 1. The largest absolute Gasteiger partial charge is 0.493 e. The Morgan fingerprint density at radius 2 is 1.83 bits per heavy atom. The first-order chi connectivity index (χ1) is 16.7. The molecule has 0 unspecified atom stereocenters. The summed E-state index contributed by atoms with van der Waals surface area (Å²) >= 11 is 0. The van der Waals surface area contributed by atoms with Crippen molar-refractivity contribution < 1.29 is 27.4 Å². The zero-order valence-corrected chi connectivity index (χ0v) is 19.1. The van der Waals surface area contributed by atoms with Crippen molar-refractivity contribution in [1.29, 1.82) is 5.26 Å². The Morgan fingerprint density at radius 1 is 1.14 bits per heavy atom. The summed E-state index contributed by atoms with van der Waals surface area (Å²) in [6.45, 7) is 0.978. The zero-order chi connectivity index (χ0) is 25.2. The van der Waals surface area contributed by atoms with E-state index in [-0.39, 0.29) is 17.5 Å². The highest BCUT2D eigenvalue weighted by Crippen LogP contribution is 2.39. The van der Waals surface area contributed by atoms with Crippen molar-refractivity contribution in [2.45, 2.75) is 19.0 Å². The smallest absolute Gasteiger partial charge is 0.416 e. The molecular formula is C25H23F3N4O3. The van der Waals surface area contributed by atoms with Crippen molar-refractivity contribution in [3.8, 4) is 17.6 Å². The van der Waals surface area contributed by atoms with Crippen molar-refractivity contribution in [3.63, 3.8) is 0 Å². The molecule has 35 heavy (non-hydrogen) atoms. The molecule has 1 amide bonds. The maximum atomic E-state index is 13.0. The number of hydrogen-bond acceptors (Lipinski definition) is 6. The third kappa shape index (κ3) is 4.94. The van der Waals surface area contributed by atoms with Crippen molar-refractivity contribution in [1.82, 2.24) is 4.98 Å². The molecule has 7 nitrogen and oxygen atoms in total. The Morgan fingerprint density at radius 3 is 2.46 bits per heavy atom. The van der Waals surface area contributed by atoms with Gasteiger partial charge in [-0.3, -0.25) is 9.78 Å². The summed E-state index contributed by atoms with van der Waals surface area (Å²) in [5.74, 6) is 0.339. The van der Waals surface area contributed by atoms with Gasteiger partial charge >= 0.3 is 6.18 Å². The van der Waals surface area contributed by atoms with Crippen LogP contribution < -0.4 is 19.7 Å². The number of anilines is 2. The number of carbonyl (C=O) groups excluding carboxylic acids is 1. The molecule has 4 rings (SSSR count). The highest BCUT2D eigenvalue weighted by molar-refractivity contribution is 5.97. The quantitative estimate of drug-likeness (QED) is 0.549. The second kappa shape index (κ2) is 9.70. The molecule has 1 aliphatic heterocycles. The number of fused-ring (bicyclic) bond motifs is 1. The van der Waals surface area contributed by atoms with Gasteiger partial charge in [-0.2, -0.15) is 18.4 Å². The number of aromatic nitrogens is 1. The molecule has 182 valence electrons. The Balaban J connectivity index is 1.53. The van der Waals surface area contributed by atoms with E-state index < -0.39 is 11.7 Å². The number of methoxy groups -OCH3 is 2. The maximum absolute atomic E-state index is 13.0. The van der Waals surface area contributed by atoms with Gasteiger partial charge in [-0.1, -0.05) is 6.07 Å². The minimum Gasteiger partial charge on any atom is -0.493 e. The number of benzene rings is 2. The van der Waals surface area contributed by atoms with Crippen molar-refractivity contribution in [3.05, 3.63) is 53.7 Å². The number of nitriles is 1. The third-order valence-electron chi connectivity index (χ3n) is 6.10. The lowest BCUT2D eigenvalue weighted by Gasteiger charge is -2.34. The normalized spacial score (nSPS) is 14.5. The van der Waals surface area contributed by atoms with Crippen molar-refractivity contribution in [2.75, 3.05) is 37.5 Å². The molecule has 1 saturated heterocycles. The predicted molar refractivity (Wildman–Crippen MR) is 125 cm³/mol. The maximum Gasteiger partial charge on any atom is 0.416 e. The number of nitrogens with zero attached hydrogens (tertiary/aromatic N) is 3. The summed E-state index contributed by atoms with van der Waals surface area (Å²) in [7, 11) is 3.06. The first kappa shape index (κ1) is 24.1. The summed E-state index contributed by atoms with van der Waals surface area (Å²) in [5, 5.41) is 13.0. The highest BCUT2D eigenvalue weighted by atomic mass is 19.4. The summed E-state index contributed by atoms with van der Waals surface area (Å²) in [6.07, 6.45) is -2.01. The second-order valence-electron chi connectivity index (χ2n) is 8.19. The number of hydrogen-bond donors (Lipinski definition) is 1. The molecule has 0 atom stereocenters. The molecule has 1 N–H and O–H groups in total. The number of ether oxygens (including phenoxy) is 2. The van der Waals surface area contributed by atoms with E-state index >= 15 is 0 Å². The van der Waals surface area contributed by atoms with Crippen LogP contribution in [0.3, 0.4) is 0 Å². The van der Waals surface area contributed by atoms with Gasteiger partial charge in [-0.05, 0) is 37.1 Å². The van der Waals surface area contributed by atoms with Crippen LogP contribution in [0.4, 0.5) is 24.5 Å². The Kier molecular flexibility index (Phi) is 6.69. The molecule has 2 aromatic carbocycles. The van der Waals surface area contributed by atoms with Crippen LogP contribution >= 0.6 is 0 Å². The van der Waals surface area contributed by atoms with Gasteiger partial charge in [-0.15, -0.1) is 0 Å². The minimum atomic E-state index is -4.48. The summed E-state index contributed by atoms with van der Waals surface area (Å²) in [6, 6.07) is 10.3. The van der Waals surface area contributed by atoms with Crippen LogP contribution in [0, 0.1) is 17.2 Å². The molecule has 2 heterocycles. The van der Waals surface area contributed by atoms with E-state index in [2.05, 4.69) is 16.4 Å². The van der Waals surface area contributed by atoms with Crippen molar-refractivity contribution in [2.24, 2.45) is 5.92 Å². The molecule has 0 spiro atoms. The first-order valence-electron chi connectivity index (χ1n) is 10.9. The van der Waals surface area contributed by atoms with Crippen LogP contribution in [-0.4, -0.2) is 38.2 Å². The minimum absolute atomic E-state index is 0.111. The lowest BCUT2D eigenvalue weighted by atomic mass is 9.94. The number of alkyl halides is 3. The molecule has 0 aliphatic carbocycles. The van der Waals surface area contributed by atoms with E-state index in [9.17, 15) is 23.2 Å². The number of amides is 1. The monoisotopic (exact) mass is 484 g/mol. The topological polar surface area (TPSA) is 87.5 Å². The molecule has 0 radical (unpaired) electrons. The summed E-state index contributed by atoms with van der Waals surface area (Å²) in [4.78, 5) is 19.2. The van der Waals surface area contributed by atoms with Crippen LogP contribution in [0.25, 0.3) is 10.9 Å². The number of halogens is 3. The van der Waals surface area contributed by atoms with Crippen LogP contribution in [0.2, 0.25) is 0 Å². The van der Waals surface area contributed by atoms with Crippen LogP contribution in [0.1, 0.15) is 24.0 Å².